The van der Waals surface area contributed by atoms with E-state index in [1.165, 1.54) is 4.88 Å². The summed E-state index contributed by atoms with van der Waals surface area (Å²) in [5, 5.41) is 2.14. The monoisotopic (exact) mass is 196 g/mol. The third-order valence-electron chi connectivity index (χ3n) is 2.76. The Balaban J connectivity index is 2.02. The number of thiophene rings is 1. The average molecular weight is 196 g/mol. The highest BCUT2D eigenvalue weighted by Gasteiger charge is 2.24. The molecule has 0 saturated carbocycles. The summed E-state index contributed by atoms with van der Waals surface area (Å²) in [6.45, 7) is 4.48. The Labute approximate surface area is 83.4 Å². The summed E-state index contributed by atoms with van der Waals surface area (Å²) >= 11 is 1.84. The second-order valence-corrected chi connectivity index (χ2v) is 4.71. The van der Waals surface area contributed by atoms with Crippen LogP contribution in [0, 0.1) is 0 Å². The van der Waals surface area contributed by atoms with Crippen LogP contribution in [0.5, 0.6) is 0 Å². The largest absolute Gasteiger partial charge is 0.326 e. The summed E-state index contributed by atoms with van der Waals surface area (Å²) in [6, 6.07) is 5.27. The van der Waals surface area contributed by atoms with Gasteiger partial charge in [0, 0.05) is 30.1 Å². The minimum atomic E-state index is 0.391. The maximum Gasteiger partial charge on any atom is 0.0413 e. The van der Waals surface area contributed by atoms with Crippen molar-refractivity contribution in [1.82, 2.24) is 4.90 Å². The van der Waals surface area contributed by atoms with Gasteiger partial charge in [0.05, 0.1) is 0 Å². The van der Waals surface area contributed by atoms with Crippen LogP contribution in [0.25, 0.3) is 0 Å². The number of hydrogen-bond donors (Lipinski definition) is 1. The Hall–Kier alpha value is -0.380. The molecule has 2 atom stereocenters. The summed E-state index contributed by atoms with van der Waals surface area (Å²) < 4.78 is 0. The van der Waals surface area contributed by atoms with Gasteiger partial charge in [-0.25, -0.2) is 0 Å². The molecule has 0 aromatic carbocycles. The van der Waals surface area contributed by atoms with E-state index in [-0.39, 0.29) is 0 Å². The van der Waals surface area contributed by atoms with Gasteiger partial charge in [-0.1, -0.05) is 6.07 Å². The average Bonchev–Trinajstić information content (AvgIpc) is 2.72. The molecule has 1 saturated heterocycles. The summed E-state index contributed by atoms with van der Waals surface area (Å²) in [5.74, 6) is 0. The highest BCUT2D eigenvalue weighted by atomic mass is 32.1. The third kappa shape index (κ3) is 1.93. The predicted octanol–water partition coefficient (Wildman–Crippen LogP) is 1.84. The smallest absolute Gasteiger partial charge is 0.0413 e. The molecular weight excluding hydrogens is 180 g/mol. The van der Waals surface area contributed by atoms with Crippen LogP contribution < -0.4 is 5.73 Å². The number of nitrogens with zero attached hydrogens (tertiary/aromatic N) is 1. The first-order valence-electron chi connectivity index (χ1n) is 4.80. The Bertz CT molecular complexity index is 258. The summed E-state index contributed by atoms with van der Waals surface area (Å²) in [4.78, 5) is 3.92. The van der Waals surface area contributed by atoms with Crippen molar-refractivity contribution in [3.05, 3.63) is 22.4 Å². The molecule has 13 heavy (non-hydrogen) atoms. The predicted molar refractivity (Wildman–Crippen MR) is 56.9 cm³/mol. The van der Waals surface area contributed by atoms with Gasteiger partial charge in [0.25, 0.3) is 0 Å². The zero-order chi connectivity index (χ0) is 9.26. The van der Waals surface area contributed by atoms with Gasteiger partial charge in [0.2, 0.25) is 0 Å². The summed E-state index contributed by atoms with van der Waals surface area (Å²) in [5.41, 5.74) is 5.88. The fourth-order valence-corrected chi connectivity index (χ4v) is 2.69. The molecule has 1 aliphatic heterocycles. The van der Waals surface area contributed by atoms with Crippen molar-refractivity contribution in [3.63, 3.8) is 0 Å². The third-order valence-corrected chi connectivity index (χ3v) is 3.80. The number of likely N-dealkylation sites (tertiary alicyclic amines) is 1. The van der Waals surface area contributed by atoms with Gasteiger partial charge >= 0.3 is 0 Å². The van der Waals surface area contributed by atoms with E-state index in [0.29, 0.717) is 12.1 Å². The summed E-state index contributed by atoms with van der Waals surface area (Å²) in [7, 11) is 0. The molecule has 0 bridgehead atoms. The molecule has 1 aliphatic rings. The lowest BCUT2D eigenvalue weighted by Crippen LogP contribution is -2.28. The van der Waals surface area contributed by atoms with Crippen molar-refractivity contribution in [2.45, 2.75) is 25.4 Å². The van der Waals surface area contributed by atoms with E-state index in [0.717, 1.165) is 19.5 Å². The number of nitrogens with two attached hydrogens (primary N) is 1. The molecule has 1 aromatic rings. The molecule has 2 N–H and O–H groups in total. The molecule has 0 amide bonds. The number of rotatable bonds is 2. The van der Waals surface area contributed by atoms with Gasteiger partial charge < -0.3 is 5.73 Å². The van der Waals surface area contributed by atoms with Crippen molar-refractivity contribution in [1.29, 1.82) is 0 Å². The standard InChI is InChI=1S/C10H16N2S/c1-8(10-3-2-6-13-10)12-5-4-9(11)7-12/h2-3,6,8-9H,4-5,7,11H2,1H3. The van der Waals surface area contributed by atoms with E-state index in [1.54, 1.807) is 0 Å². The van der Waals surface area contributed by atoms with E-state index in [9.17, 15) is 0 Å². The Morgan fingerprint density at radius 3 is 3.08 bits per heavy atom. The molecule has 72 valence electrons. The first-order valence-corrected chi connectivity index (χ1v) is 5.68. The molecule has 2 unspecified atom stereocenters. The highest BCUT2D eigenvalue weighted by Crippen LogP contribution is 2.27. The highest BCUT2D eigenvalue weighted by molar-refractivity contribution is 7.10. The first-order chi connectivity index (χ1) is 6.27. The van der Waals surface area contributed by atoms with Gasteiger partial charge in [-0.05, 0) is 24.8 Å². The molecule has 1 fully saturated rings. The molecule has 0 aliphatic carbocycles. The molecular formula is C10H16N2S. The maximum atomic E-state index is 5.88. The minimum Gasteiger partial charge on any atom is -0.326 e. The quantitative estimate of drug-likeness (QED) is 0.782. The van der Waals surface area contributed by atoms with Crippen LogP contribution in [0.3, 0.4) is 0 Å². The van der Waals surface area contributed by atoms with Crippen molar-refractivity contribution >= 4 is 11.3 Å². The van der Waals surface area contributed by atoms with E-state index >= 15 is 0 Å². The Kier molecular flexibility index (Phi) is 2.67. The van der Waals surface area contributed by atoms with Crippen molar-refractivity contribution in [2.75, 3.05) is 13.1 Å². The number of hydrogen-bond acceptors (Lipinski definition) is 3. The van der Waals surface area contributed by atoms with E-state index in [4.69, 9.17) is 5.73 Å². The minimum absolute atomic E-state index is 0.391. The van der Waals surface area contributed by atoms with Crippen molar-refractivity contribution in [3.8, 4) is 0 Å². The van der Waals surface area contributed by atoms with Crippen molar-refractivity contribution < 1.29 is 0 Å². The van der Waals surface area contributed by atoms with Crippen LogP contribution in [0.1, 0.15) is 24.3 Å². The molecule has 2 rings (SSSR count). The fraction of sp³-hybridized carbons (Fsp3) is 0.600. The lowest BCUT2D eigenvalue weighted by Gasteiger charge is -2.22. The summed E-state index contributed by atoms with van der Waals surface area (Å²) in [6.07, 6.45) is 1.15. The Morgan fingerprint density at radius 2 is 2.54 bits per heavy atom. The van der Waals surface area contributed by atoms with Crippen LogP contribution in [0.15, 0.2) is 17.5 Å². The van der Waals surface area contributed by atoms with Gasteiger partial charge in [-0.15, -0.1) is 11.3 Å². The van der Waals surface area contributed by atoms with Crippen LogP contribution >= 0.6 is 11.3 Å². The van der Waals surface area contributed by atoms with Crippen LogP contribution in [0.2, 0.25) is 0 Å². The normalized spacial score (nSPS) is 26.5. The zero-order valence-corrected chi connectivity index (χ0v) is 8.76. The van der Waals surface area contributed by atoms with E-state index in [1.807, 2.05) is 11.3 Å². The van der Waals surface area contributed by atoms with E-state index < -0.39 is 0 Å². The molecule has 3 heteroatoms. The molecule has 0 radical (unpaired) electrons. The molecule has 0 spiro atoms. The zero-order valence-electron chi connectivity index (χ0n) is 7.94. The SMILES string of the molecule is CC(c1cccs1)N1CCC(N)C1. The Morgan fingerprint density at radius 1 is 1.69 bits per heavy atom. The van der Waals surface area contributed by atoms with Crippen molar-refractivity contribution in [2.24, 2.45) is 5.73 Å². The maximum absolute atomic E-state index is 5.88. The second-order valence-electron chi connectivity index (χ2n) is 3.74. The molecule has 2 heterocycles. The lowest BCUT2D eigenvalue weighted by molar-refractivity contribution is 0.263. The topological polar surface area (TPSA) is 29.3 Å². The van der Waals surface area contributed by atoms with Gasteiger partial charge in [0.1, 0.15) is 0 Å². The lowest BCUT2D eigenvalue weighted by atomic mass is 10.2. The van der Waals surface area contributed by atoms with Gasteiger partial charge in [-0.3, -0.25) is 4.90 Å². The van der Waals surface area contributed by atoms with Gasteiger partial charge in [-0.2, -0.15) is 0 Å². The van der Waals surface area contributed by atoms with Crippen LogP contribution in [-0.4, -0.2) is 24.0 Å². The fourth-order valence-electron chi connectivity index (χ4n) is 1.88. The first kappa shape index (κ1) is 9.19. The van der Waals surface area contributed by atoms with Gasteiger partial charge in [0.15, 0.2) is 0 Å². The molecule has 2 nitrogen and oxygen atoms in total. The van der Waals surface area contributed by atoms with E-state index in [2.05, 4.69) is 29.3 Å². The second kappa shape index (κ2) is 3.78. The molecule has 1 aromatic heterocycles. The van der Waals surface area contributed by atoms with Crippen LogP contribution in [-0.2, 0) is 0 Å². The van der Waals surface area contributed by atoms with Crippen LogP contribution in [0.4, 0.5) is 0 Å².